The molecule has 0 saturated heterocycles. The Kier molecular flexibility index (Phi) is 4.25. The molecule has 1 aromatic carbocycles. The molecule has 0 unspecified atom stereocenters. The third-order valence-electron chi connectivity index (χ3n) is 2.82. The maximum absolute atomic E-state index is 11.6. The molecule has 0 aliphatic rings. The van der Waals surface area contributed by atoms with Crippen LogP contribution < -0.4 is 4.74 Å². The van der Waals surface area contributed by atoms with Crippen LogP contribution in [-0.4, -0.2) is 25.2 Å². The number of methoxy groups -OCH3 is 2. The number of halogens is 1. The Labute approximate surface area is 122 Å². The van der Waals surface area contributed by atoms with E-state index < -0.39 is 5.97 Å². The zero-order valence-corrected chi connectivity index (χ0v) is 12.2. The zero-order chi connectivity index (χ0) is 14.7. The van der Waals surface area contributed by atoms with Gasteiger partial charge in [-0.1, -0.05) is 11.6 Å². The highest BCUT2D eigenvalue weighted by Crippen LogP contribution is 2.33. The van der Waals surface area contributed by atoms with Crippen LogP contribution in [0.3, 0.4) is 0 Å². The molecule has 1 heterocycles. The number of pyridine rings is 1. The Morgan fingerprint density at radius 1 is 1.20 bits per heavy atom. The van der Waals surface area contributed by atoms with Crippen LogP contribution in [-0.2, 0) is 4.74 Å². The van der Waals surface area contributed by atoms with E-state index in [1.807, 2.05) is 13.0 Å². The Balaban J connectivity index is 2.60. The van der Waals surface area contributed by atoms with Crippen molar-refractivity contribution < 1.29 is 14.3 Å². The van der Waals surface area contributed by atoms with Gasteiger partial charge in [-0.3, -0.25) is 0 Å². The van der Waals surface area contributed by atoms with Crippen LogP contribution in [0.4, 0.5) is 0 Å². The number of nitrogens with zero attached hydrogens (tertiary/aromatic N) is 1. The molecule has 0 aliphatic heterocycles. The molecule has 0 spiro atoms. The lowest BCUT2D eigenvalue weighted by Gasteiger charge is -2.11. The Hall–Kier alpha value is -2.07. The van der Waals surface area contributed by atoms with Crippen LogP contribution >= 0.6 is 11.6 Å². The Morgan fingerprint density at radius 2 is 1.95 bits per heavy atom. The van der Waals surface area contributed by atoms with Gasteiger partial charge in [-0.2, -0.15) is 0 Å². The summed E-state index contributed by atoms with van der Waals surface area (Å²) in [4.78, 5) is 15.8. The molecule has 5 heteroatoms. The topological polar surface area (TPSA) is 48.4 Å². The molecule has 4 nitrogen and oxygen atoms in total. The third kappa shape index (κ3) is 2.91. The average Bonchev–Trinajstić information content (AvgIpc) is 2.45. The first-order chi connectivity index (χ1) is 9.55. The van der Waals surface area contributed by atoms with E-state index in [0.29, 0.717) is 16.5 Å². The largest absolute Gasteiger partial charge is 0.496 e. The number of hydrogen-bond donors (Lipinski definition) is 0. The molecule has 1 aromatic heterocycles. The van der Waals surface area contributed by atoms with Crippen molar-refractivity contribution in [2.45, 2.75) is 6.92 Å². The van der Waals surface area contributed by atoms with E-state index in [0.717, 1.165) is 11.1 Å². The fraction of sp³-hybridized carbons (Fsp3) is 0.200. The van der Waals surface area contributed by atoms with Crippen molar-refractivity contribution in [3.63, 3.8) is 0 Å². The molecule has 2 aromatic rings. The number of benzene rings is 1. The van der Waals surface area contributed by atoms with Gasteiger partial charge in [-0.15, -0.1) is 0 Å². The molecule has 20 heavy (non-hydrogen) atoms. The van der Waals surface area contributed by atoms with Gasteiger partial charge >= 0.3 is 5.97 Å². The number of aryl methyl sites for hydroxylation is 1. The molecule has 2 rings (SSSR count). The molecule has 0 atom stereocenters. The van der Waals surface area contributed by atoms with Crippen LogP contribution in [0, 0.1) is 6.92 Å². The van der Waals surface area contributed by atoms with Crippen molar-refractivity contribution in [1.82, 2.24) is 4.98 Å². The van der Waals surface area contributed by atoms with Crippen molar-refractivity contribution in [2.75, 3.05) is 14.2 Å². The minimum atomic E-state index is -0.476. The molecule has 0 amide bonds. The van der Waals surface area contributed by atoms with E-state index in [9.17, 15) is 4.79 Å². The van der Waals surface area contributed by atoms with Crippen LogP contribution in [0.2, 0.25) is 5.02 Å². The van der Waals surface area contributed by atoms with Crippen molar-refractivity contribution in [3.8, 4) is 16.9 Å². The number of aromatic nitrogens is 1. The van der Waals surface area contributed by atoms with E-state index in [1.165, 1.54) is 7.11 Å². The van der Waals surface area contributed by atoms with Crippen LogP contribution in [0.5, 0.6) is 5.75 Å². The SMILES string of the molecule is COC(=O)c1cc(-c2cc(Cl)ccc2OC)cc(C)n1. The maximum atomic E-state index is 11.6. The van der Waals surface area contributed by atoms with Crippen LogP contribution in [0.15, 0.2) is 30.3 Å². The van der Waals surface area contributed by atoms with Crippen LogP contribution in [0.25, 0.3) is 11.1 Å². The summed E-state index contributed by atoms with van der Waals surface area (Å²) in [5, 5.41) is 0.592. The standard InChI is InChI=1S/C15H14ClNO3/c1-9-6-10(7-13(17-9)15(18)20-3)12-8-11(16)4-5-14(12)19-2/h4-8H,1-3H3. The highest BCUT2D eigenvalue weighted by molar-refractivity contribution is 6.31. The second-order valence-corrected chi connectivity index (χ2v) is 4.66. The van der Waals surface area contributed by atoms with Crippen molar-refractivity contribution >= 4 is 17.6 Å². The minimum Gasteiger partial charge on any atom is -0.496 e. The van der Waals surface area contributed by atoms with E-state index in [-0.39, 0.29) is 5.69 Å². The fourth-order valence-corrected chi connectivity index (χ4v) is 2.11. The van der Waals surface area contributed by atoms with Crippen molar-refractivity contribution in [1.29, 1.82) is 0 Å². The van der Waals surface area contributed by atoms with E-state index in [2.05, 4.69) is 4.98 Å². The van der Waals surface area contributed by atoms with Gasteiger partial charge in [0.1, 0.15) is 11.4 Å². The third-order valence-corrected chi connectivity index (χ3v) is 3.06. The Bertz CT molecular complexity index is 656. The summed E-state index contributed by atoms with van der Waals surface area (Å²) in [6.07, 6.45) is 0. The number of carbonyl (C=O) groups is 1. The normalized spacial score (nSPS) is 10.2. The molecule has 0 aliphatic carbocycles. The summed E-state index contributed by atoms with van der Waals surface area (Å²) >= 11 is 6.03. The number of hydrogen-bond acceptors (Lipinski definition) is 4. The summed E-state index contributed by atoms with van der Waals surface area (Å²) in [5.74, 6) is 0.201. The van der Waals surface area contributed by atoms with Gasteiger partial charge in [0, 0.05) is 16.3 Å². The second kappa shape index (κ2) is 5.92. The summed E-state index contributed by atoms with van der Waals surface area (Å²) in [6.45, 7) is 1.81. The first kappa shape index (κ1) is 14.3. The van der Waals surface area contributed by atoms with Gasteiger partial charge in [0.25, 0.3) is 0 Å². The summed E-state index contributed by atoms with van der Waals surface area (Å²) in [7, 11) is 2.91. The monoisotopic (exact) mass is 291 g/mol. The van der Waals surface area contributed by atoms with Crippen molar-refractivity contribution in [2.24, 2.45) is 0 Å². The molecular weight excluding hydrogens is 278 g/mol. The quantitative estimate of drug-likeness (QED) is 0.812. The highest BCUT2D eigenvalue weighted by Gasteiger charge is 2.13. The summed E-state index contributed by atoms with van der Waals surface area (Å²) in [6, 6.07) is 8.84. The maximum Gasteiger partial charge on any atom is 0.356 e. The molecule has 0 fully saturated rings. The first-order valence-electron chi connectivity index (χ1n) is 5.96. The van der Waals surface area contributed by atoms with E-state index in [4.69, 9.17) is 21.1 Å². The molecule has 0 radical (unpaired) electrons. The Morgan fingerprint density at radius 3 is 2.60 bits per heavy atom. The molecule has 0 N–H and O–H groups in total. The number of esters is 1. The fourth-order valence-electron chi connectivity index (χ4n) is 1.94. The van der Waals surface area contributed by atoms with Gasteiger partial charge in [0.05, 0.1) is 14.2 Å². The number of rotatable bonds is 3. The van der Waals surface area contributed by atoms with Gasteiger partial charge in [-0.25, -0.2) is 9.78 Å². The lowest BCUT2D eigenvalue weighted by molar-refractivity contribution is 0.0594. The van der Waals surface area contributed by atoms with E-state index >= 15 is 0 Å². The molecule has 0 saturated carbocycles. The van der Waals surface area contributed by atoms with Gasteiger partial charge < -0.3 is 9.47 Å². The zero-order valence-electron chi connectivity index (χ0n) is 11.4. The molecule has 104 valence electrons. The van der Waals surface area contributed by atoms with Crippen molar-refractivity contribution in [3.05, 3.63) is 46.7 Å². The lowest BCUT2D eigenvalue weighted by atomic mass is 10.0. The van der Waals surface area contributed by atoms with Gasteiger partial charge in [0.2, 0.25) is 0 Å². The van der Waals surface area contributed by atoms with Gasteiger partial charge in [-0.05, 0) is 42.8 Å². The minimum absolute atomic E-state index is 0.254. The first-order valence-corrected chi connectivity index (χ1v) is 6.34. The highest BCUT2D eigenvalue weighted by atomic mass is 35.5. The van der Waals surface area contributed by atoms with Gasteiger partial charge in [0.15, 0.2) is 0 Å². The lowest BCUT2D eigenvalue weighted by Crippen LogP contribution is -2.05. The summed E-state index contributed by atoms with van der Waals surface area (Å²) < 4.78 is 10.0. The summed E-state index contributed by atoms with van der Waals surface area (Å²) in [5.41, 5.74) is 2.57. The number of ether oxygens (including phenoxy) is 2. The average molecular weight is 292 g/mol. The predicted octanol–water partition coefficient (Wildman–Crippen LogP) is 3.51. The molecule has 0 bridgehead atoms. The predicted molar refractivity (Wildman–Crippen MR) is 77.3 cm³/mol. The van der Waals surface area contributed by atoms with Crippen LogP contribution in [0.1, 0.15) is 16.2 Å². The smallest absolute Gasteiger partial charge is 0.356 e. The molecular formula is C15H14ClNO3. The number of carbonyl (C=O) groups excluding carboxylic acids is 1. The van der Waals surface area contributed by atoms with E-state index in [1.54, 1.807) is 31.4 Å². The second-order valence-electron chi connectivity index (χ2n) is 4.22.